The molecule has 0 spiro atoms. The van der Waals surface area contributed by atoms with Gasteiger partial charge in [0.05, 0.1) is 19.4 Å². The molecule has 2 heterocycles. The molecule has 1 saturated heterocycles. The average Bonchev–Trinajstić information content (AvgIpc) is 2.71. The Bertz CT molecular complexity index is 394. The lowest BCUT2D eigenvalue weighted by Gasteiger charge is -2.12. The highest BCUT2D eigenvalue weighted by Gasteiger charge is 2.18. The molecule has 5 nitrogen and oxygen atoms in total. The highest BCUT2D eigenvalue weighted by Crippen LogP contribution is 2.22. The van der Waals surface area contributed by atoms with Gasteiger partial charge in [0.25, 0.3) is 0 Å². The van der Waals surface area contributed by atoms with Gasteiger partial charge in [-0.2, -0.15) is 5.26 Å². The van der Waals surface area contributed by atoms with Gasteiger partial charge in [-0.15, -0.1) is 0 Å². The Balaban J connectivity index is 2.18. The van der Waals surface area contributed by atoms with Crippen molar-refractivity contribution < 1.29 is 9.47 Å². The summed E-state index contributed by atoms with van der Waals surface area (Å²) in [4.78, 5) is 3.83. The Morgan fingerprint density at radius 1 is 1.67 bits per heavy atom. The predicted octanol–water partition coefficient (Wildman–Crippen LogP) is 0.703. The van der Waals surface area contributed by atoms with Crippen LogP contribution in [-0.4, -0.2) is 24.3 Å². The molecule has 78 valence electrons. The van der Waals surface area contributed by atoms with Gasteiger partial charge in [0.1, 0.15) is 29.3 Å². The molecule has 1 aliphatic rings. The smallest absolute Gasteiger partial charge is 0.142 e. The number of nitriles is 1. The zero-order chi connectivity index (χ0) is 10.7. The summed E-state index contributed by atoms with van der Waals surface area (Å²) in [6, 6.07) is 3.58. The fourth-order valence-electron chi connectivity index (χ4n) is 1.42. The molecule has 2 rings (SSSR count). The monoisotopic (exact) mass is 205 g/mol. The molecule has 1 aromatic heterocycles. The first-order valence-corrected chi connectivity index (χ1v) is 4.69. The van der Waals surface area contributed by atoms with Crippen LogP contribution in [-0.2, 0) is 4.74 Å². The minimum absolute atomic E-state index is 0.0129. The third kappa shape index (κ3) is 2.17. The number of nitrogens with zero attached hydrogens (tertiary/aromatic N) is 2. The van der Waals surface area contributed by atoms with Crippen LogP contribution in [0.25, 0.3) is 0 Å². The molecule has 2 N–H and O–H groups in total. The van der Waals surface area contributed by atoms with E-state index in [0.29, 0.717) is 30.3 Å². The summed E-state index contributed by atoms with van der Waals surface area (Å²) in [6.07, 6.45) is 2.27. The first kappa shape index (κ1) is 9.74. The van der Waals surface area contributed by atoms with E-state index in [1.807, 2.05) is 6.07 Å². The van der Waals surface area contributed by atoms with Gasteiger partial charge in [-0.3, -0.25) is 0 Å². The van der Waals surface area contributed by atoms with Crippen molar-refractivity contribution in [3.63, 3.8) is 0 Å². The normalized spacial score (nSPS) is 19.8. The number of aromatic nitrogens is 1. The second kappa shape index (κ2) is 4.15. The van der Waals surface area contributed by atoms with E-state index in [2.05, 4.69) is 4.98 Å². The summed E-state index contributed by atoms with van der Waals surface area (Å²) >= 11 is 0. The number of nitrogen functional groups attached to an aromatic ring is 1. The molecular weight excluding hydrogens is 194 g/mol. The third-order valence-corrected chi connectivity index (χ3v) is 2.19. The fourth-order valence-corrected chi connectivity index (χ4v) is 1.42. The highest BCUT2D eigenvalue weighted by atomic mass is 16.5. The minimum atomic E-state index is 0.0129. The Labute approximate surface area is 87.4 Å². The number of pyridine rings is 1. The molecule has 1 aromatic rings. The average molecular weight is 205 g/mol. The molecule has 0 amide bonds. The van der Waals surface area contributed by atoms with Crippen molar-refractivity contribution in [2.24, 2.45) is 0 Å². The molecule has 0 bridgehead atoms. The number of hydrogen-bond donors (Lipinski definition) is 1. The molecule has 0 radical (unpaired) electrons. The van der Waals surface area contributed by atoms with Crippen molar-refractivity contribution in [1.29, 1.82) is 5.26 Å². The molecular formula is C10H11N3O2. The van der Waals surface area contributed by atoms with Gasteiger partial charge in [0.2, 0.25) is 0 Å². The van der Waals surface area contributed by atoms with Crippen LogP contribution in [0.5, 0.6) is 5.75 Å². The van der Waals surface area contributed by atoms with Crippen LogP contribution >= 0.6 is 0 Å². The van der Waals surface area contributed by atoms with Crippen LogP contribution in [0.15, 0.2) is 12.3 Å². The van der Waals surface area contributed by atoms with Gasteiger partial charge in [-0.1, -0.05) is 0 Å². The number of anilines is 1. The minimum Gasteiger partial charge on any atom is -0.486 e. The van der Waals surface area contributed by atoms with E-state index in [-0.39, 0.29) is 6.10 Å². The quantitative estimate of drug-likeness (QED) is 0.768. The van der Waals surface area contributed by atoms with Crippen LogP contribution in [0.4, 0.5) is 5.82 Å². The molecule has 1 unspecified atom stereocenters. The molecule has 0 saturated carbocycles. The topological polar surface area (TPSA) is 81.2 Å². The van der Waals surface area contributed by atoms with Crippen molar-refractivity contribution in [3.05, 3.63) is 17.8 Å². The van der Waals surface area contributed by atoms with Gasteiger partial charge in [-0.05, 0) is 0 Å². The number of ether oxygens (including phenoxy) is 2. The van der Waals surface area contributed by atoms with Crippen LogP contribution in [0.1, 0.15) is 12.0 Å². The Morgan fingerprint density at radius 2 is 2.53 bits per heavy atom. The van der Waals surface area contributed by atoms with Crippen LogP contribution in [0, 0.1) is 11.3 Å². The lowest BCUT2D eigenvalue weighted by molar-refractivity contribution is 0.141. The van der Waals surface area contributed by atoms with E-state index in [1.165, 1.54) is 6.20 Å². The van der Waals surface area contributed by atoms with Crippen LogP contribution in [0.3, 0.4) is 0 Å². The van der Waals surface area contributed by atoms with E-state index in [9.17, 15) is 0 Å². The van der Waals surface area contributed by atoms with Gasteiger partial charge in [0, 0.05) is 12.5 Å². The standard InChI is InChI=1S/C10H11N3O2/c11-4-7-5-13-10(12)3-9(7)15-8-1-2-14-6-8/h3,5,8H,1-2,6H2,(H2,12,13). The predicted molar refractivity (Wildman–Crippen MR) is 53.2 cm³/mol. The first-order valence-electron chi connectivity index (χ1n) is 4.69. The fraction of sp³-hybridized carbons (Fsp3) is 0.400. The molecule has 5 heteroatoms. The maximum absolute atomic E-state index is 8.84. The summed E-state index contributed by atoms with van der Waals surface area (Å²) < 4.78 is 10.8. The molecule has 0 aliphatic carbocycles. The SMILES string of the molecule is N#Cc1cnc(N)cc1OC1CCOC1. The second-order valence-corrected chi connectivity index (χ2v) is 3.32. The first-order chi connectivity index (χ1) is 7.29. The summed E-state index contributed by atoms with van der Waals surface area (Å²) in [5, 5.41) is 8.84. The maximum Gasteiger partial charge on any atom is 0.142 e. The van der Waals surface area contributed by atoms with E-state index >= 15 is 0 Å². The Hall–Kier alpha value is -1.80. The molecule has 1 fully saturated rings. The van der Waals surface area contributed by atoms with Gasteiger partial charge < -0.3 is 15.2 Å². The molecule has 1 aliphatic heterocycles. The van der Waals surface area contributed by atoms with E-state index < -0.39 is 0 Å². The van der Waals surface area contributed by atoms with Crippen molar-refractivity contribution in [2.75, 3.05) is 18.9 Å². The van der Waals surface area contributed by atoms with Crippen molar-refractivity contribution in [3.8, 4) is 11.8 Å². The summed E-state index contributed by atoms with van der Waals surface area (Å²) in [5.74, 6) is 0.836. The van der Waals surface area contributed by atoms with Gasteiger partial charge in [-0.25, -0.2) is 4.98 Å². The van der Waals surface area contributed by atoms with Gasteiger partial charge in [0.15, 0.2) is 0 Å². The van der Waals surface area contributed by atoms with Gasteiger partial charge >= 0.3 is 0 Å². The second-order valence-electron chi connectivity index (χ2n) is 3.32. The molecule has 15 heavy (non-hydrogen) atoms. The summed E-state index contributed by atoms with van der Waals surface area (Å²) in [5.41, 5.74) is 5.92. The molecule has 0 aromatic carbocycles. The zero-order valence-corrected chi connectivity index (χ0v) is 8.14. The molecule has 1 atom stereocenters. The lowest BCUT2D eigenvalue weighted by atomic mass is 10.2. The van der Waals surface area contributed by atoms with Crippen molar-refractivity contribution in [2.45, 2.75) is 12.5 Å². The van der Waals surface area contributed by atoms with E-state index in [0.717, 1.165) is 6.42 Å². The van der Waals surface area contributed by atoms with Crippen LogP contribution < -0.4 is 10.5 Å². The zero-order valence-electron chi connectivity index (χ0n) is 8.14. The summed E-state index contributed by atoms with van der Waals surface area (Å²) in [6.45, 7) is 1.26. The Kier molecular flexibility index (Phi) is 2.70. The largest absolute Gasteiger partial charge is 0.486 e. The summed E-state index contributed by atoms with van der Waals surface area (Å²) in [7, 11) is 0. The van der Waals surface area contributed by atoms with Crippen molar-refractivity contribution in [1.82, 2.24) is 4.98 Å². The van der Waals surface area contributed by atoms with E-state index in [4.69, 9.17) is 20.5 Å². The Morgan fingerprint density at radius 3 is 3.20 bits per heavy atom. The highest BCUT2D eigenvalue weighted by molar-refractivity contribution is 5.47. The maximum atomic E-state index is 8.84. The lowest BCUT2D eigenvalue weighted by Crippen LogP contribution is -2.16. The number of rotatable bonds is 2. The third-order valence-electron chi connectivity index (χ3n) is 2.19. The van der Waals surface area contributed by atoms with Crippen molar-refractivity contribution >= 4 is 5.82 Å². The van der Waals surface area contributed by atoms with E-state index in [1.54, 1.807) is 6.07 Å². The van der Waals surface area contributed by atoms with Crippen LogP contribution in [0.2, 0.25) is 0 Å². The number of hydrogen-bond acceptors (Lipinski definition) is 5. The number of nitrogens with two attached hydrogens (primary N) is 1.